The zero-order chi connectivity index (χ0) is 24.1. The Labute approximate surface area is 192 Å². The smallest absolute Gasteiger partial charge is 0.382 e. The standard InChI is InChI=1S/C23H22F3N5O3/c24-23(25,26)14-4-6-15(7-5-14)28-20(32)22(8-9-22)21(33)31-17-3-1-2-16(18(17)19(27)29-31)30-10-12-34-13-11-30/h1-7H,8-13H2,(H2,27,29)(H,28,32). The average molecular weight is 473 g/mol. The SMILES string of the molecule is Nc1nn(C(=O)C2(C(=O)Nc3ccc(C(F)(F)F)cc3)CC2)c2cccc(N3CCOCC3)c12. The van der Waals surface area contributed by atoms with Crippen LogP contribution in [0.15, 0.2) is 42.5 Å². The Kier molecular flexibility index (Phi) is 5.23. The fraction of sp³-hybridized carbons (Fsp3) is 0.348. The first-order chi connectivity index (χ1) is 16.2. The summed E-state index contributed by atoms with van der Waals surface area (Å²) in [5.74, 6) is -0.911. The van der Waals surface area contributed by atoms with E-state index in [0.29, 0.717) is 50.0 Å². The summed E-state index contributed by atoms with van der Waals surface area (Å²) in [5, 5.41) is 7.47. The summed E-state index contributed by atoms with van der Waals surface area (Å²) in [6.45, 7) is 2.52. The molecule has 2 heterocycles. The van der Waals surface area contributed by atoms with Crippen molar-refractivity contribution in [2.45, 2.75) is 19.0 Å². The molecule has 0 spiro atoms. The number of alkyl halides is 3. The summed E-state index contributed by atoms with van der Waals surface area (Å²) in [4.78, 5) is 28.6. The molecule has 1 amide bonds. The van der Waals surface area contributed by atoms with Crippen LogP contribution in [0, 0.1) is 5.41 Å². The van der Waals surface area contributed by atoms with Crippen molar-refractivity contribution >= 4 is 39.9 Å². The van der Waals surface area contributed by atoms with Gasteiger partial charge in [-0.3, -0.25) is 9.59 Å². The fourth-order valence-electron chi connectivity index (χ4n) is 4.26. The van der Waals surface area contributed by atoms with Gasteiger partial charge in [0.05, 0.1) is 35.4 Å². The Hall–Kier alpha value is -3.60. The molecular formula is C23H22F3N5O3. The van der Waals surface area contributed by atoms with Crippen molar-refractivity contribution < 1.29 is 27.5 Å². The van der Waals surface area contributed by atoms with Gasteiger partial charge in [0.25, 0.3) is 5.91 Å². The van der Waals surface area contributed by atoms with E-state index in [1.807, 2.05) is 6.07 Å². The molecule has 1 aliphatic heterocycles. The third-order valence-electron chi connectivity index (χ3n) is 6.32. The lowest BCUT2D eigenvalue weighted by Gasteiger charge is -2.29. The van der Waals surface area contributed by atoms with E-state index in [2.05, 4.69) is 15.3 Å². The number of rotatable bonds is 4. The number of ether oxygens (including phenoxy) is 1. The van der Waals surface area contributed by atoms with Crippen molar-refractivity contribution in [3.8, 4) is 0 Å². The molecule has 5 rings (SSSR count). The summed E-state index contributed by atoms with van der Waals surface area (Å²) in [6, 6.07) is 9.53. The van der Waals surface area contributed by atoms with Gasteiger partial charge in [-0.1, -0.05) is 6.07 Å². The van der Waals surface area contributed by atoms with Crippen LogP contribution in [-0.2, 0) is 15.7 Å². The highest BCUT2D eigenvalue weighted by atomic mass is 19.4. The van der Waals surface area contributed by atoms with Crippen LogP contribution in [-0.4, -0.2) is 47.9 Å². The molecule has 2 aromatic carbocycles. The molecule has 2 fully saturated rings. The van der Waals surface area contributed by atoms with Crippen LogP contribution in [0.3, 0.4) is 0 Å². The molecule has 0 bridgehead atoms. The molecule has 1 aliphatic carbocycles. The molecule has 3 N–H and O–H groups in total. The van der Waals surface area contributed by atoms with E-state index in [4.69, 9.17) is 10.5 Å². The molecule has 1 saturated heterocycles. The Bertz CT molecular complexity index is 1260. The topological polar surface area (TPSA) is 102 Å². The normalized spacial score (nSPS) is 17.6. The van der Waals surface area contributed by atoms with E-state index in [1.54, 1.807) is 12.1 Å². The summed E-state index contributed by atoms with van der Waals surface area (Å²) < 4.78 is 45.0. The van der Waals surface area contributed by atoms with E-state index in [0.717, 1.165) is 30.0 Å². The first-order valence-corrected chi connectivity index (χ1v) is 10.8. The van der Waals surface area contributed by atoms with Crippen LogP contribution in [0.2, 0.25) is 0 Å². The largest absolute Gasteiger partial charge is 0.416 e. The zero-order valence-electron chi connectivity index (χ0n) is 18.1. The van der Waals surface area contributed by atoms with E-state index in [1.165, 1.54) is 4.68 Å². The van der Waals surface area contributed by atoms with Crippen molar-refractivity contribution in [2.75, 3.05) is 42.3 Å². The first kappa shape index (κ1) is 22.2. The van der Waals surface area contributed by atoms with E-state index in [-0.39, 0.29) is 11.5 Å². The van der Waals surface area contributed by atoms with Gasteiger partial charge in [-0.15, -0.1) is 5.10 Å². The summed E-state index contributed by atoms with van der Waals surface area (Å²) in [7, 11) is 0. The summed E-state index contributed by atoms with van der Waals surface area (Å²) in [5.41, 5.74) is 5.56. The Balaban J connectivity index is 1.42. The lowest BCUT2D eigenvalue weighted by atomic mass is 10.0. The minimum atomic E-state index is -4.47. The molecule has 0 unspecified atom stereocenters. The van der Waals surface area contributed by atoms with Crippen LogP contribution in [0.25, 0.3) is 10.9 Å². The van der Waals surface area contributed by atoms with E-state index >= 15 is 0 Å². The fourth-order valence-corrected chi connectivity index (χ4v) is 4.26. The molecule has 0 radical (unpaired) electrons. The number of amides is 1. The molecule has 34 heavy (non-hydrogen) atoms. The maximum absolute atomic E-state index is 13.5. The Morgan fingerprint density at radius 1 is 1.06 bits per heavy atom. The molecule has 178 valence electrons. The second kappa shape index (κ2) is 8.01. The number of nitrogen functional groups attached to an aromatic ring is 1. The number of benzene rings is 2. The predicted octanol–water partition coefficient (Wildman–Crippen LogP) is 3.53. The minimum absolute atomic E-state index is 0.177. The second-order valence-corrected chi connectivity index (χ2v) is 8.48. The van der Waals surface area contributed by atoms with Gasteiger partial charge in [-0.2, -0.15) is 17.9 Å². The molecule has 3 aromatic rings. The molecular weight excluding hydrogens is 451 g/mol. The van der Waals surface area contributed by atoms with Crippen LogP contribution in [0.1, 0.15) is 23.2 Å². The van der Waals surface area contributed by atoms with Crippen LogP contribution < -0.4 is 16.0 Å². The lowest BCUT2D eigenvalue weighted by molar-refractivity contribution is -0.137. The number of nitrogens with two attached hydrogens (primary N) is 1. The first-order valence-electron chi connectivity index (χ1n) is 10.8. The predicted molar refractivity (Wildman–Crippen MR) is 120 cm³/mol. The van der Waals surface area contributed by atoms with Crippen molar-refractivity contribution in [1.29, 1.82) is 0 Å². The molecule has 1 aromatic heterocycles. The van der Waals surface area contributed by atoms with Crippen molar-refractivity contribution in [3.63, 3.8) is 0 Å². The van der Waals surface area contributed by atoms with Crippen molar-refractivity contribution in [1.82, 2.24) is 9.78 Å². The third kappa shape index (κ3) is 3.75. The third-order valence-corrected chi connectivity index (χ3v) is 6.32. The number of nitrogens with one attached hydrogen (secondary N) is 1. The Morgan fingerprint density at radius 2 is 1.74 bits per heavy atom. The molecule has 2 aliphatic rings. The average Bonchev–Trinajstić information content (AvgIpc) is 3.57. The quantitative estimate of drug-likeness (QED) is 0.562. The van der Waals surface area contributed by atoms with Crippen LogP contribution >= 0.6 is 0 Å². The van der Waals surface area contributed by atoms with Crippen LogP contribution in [0.4, 0.5) is 30.4 Å². The van der Waals surface area contributed by atoms with E-state index < -0.39 is 29.0 Å². The van der Waals surface area contributed by atoms with Gasteiger partial charge in [0, 0.05) is 18.8 Å². The maximum Gasteiger partial charge on any atom is 0.416 e. The number of nitrogens with zero attached hydrogens (tertiary/aromatic N) is 3. The van der Waals surface area contributed by atoms with Gasteiger partial charge in [0.2, 0.25) is 5.91 Å². The summed E-state index contributed by atoms with van der Waals surface area (Å²) in [6.07, 6.45) is -3.86. The number of hydrogen-bond donors (Lipinski definition) is 2. The van der Waals surface area contributed by atoms with Gasteiger partial charge >= 0.3 is 6.18 Å². The van der Waals surface area contributed by atoms with Crippen molar-refractivity contribution in [3.05, 3.63) is 48.0 Å². The molecule has 0 atom stereocenters. The molecule has 11 heteroatoms. The highest BCUT2D eigenvalue weighted by Gasteiger charge is 2.58. The monoisotopic (exact) mass is 473 g/mol. The molecule has 1 saturated carbocycles. The Morgan fingerprint density at radius 3 is 2.35 bits per heavy atom. The van der Waals surface area contributed by atoms with Crippen LogP contribution in [0.5, 0.6) is 0 Å². The second-order valence-electron chi connectivity index (χ2n) is 8.48. The highest BCUT2D eigenvalue weighted by molar-refractivity contribution is 6.16. The highest BCUT2D eigenvalue weighted by Crippen LogP contribution is 2.49. The zero-order valence-corrected chi connectivity index (χ0v) is 18.1. The van der Waals surface area contributed by atoms with Gasteiger partial charge < -0.3 is 20.7 Å². The number of halogens is 3. The lowest BCUT2D eigenvalue weighted by Crippen LogP contribution is -2.36. The van der Waals surface area contributed by atoms with E-state index in [9.17, 15) is 22.8 Å². The minimum Gasteiger partial charge on any atom is -0.382 e. The van der Waals surface area contributed by atoms with Gasteiger partial charge in [0.15, 0.2) is 5.82 Å². The number of carbonyl (C=O) groups excluding carboxylic acids is 2. The van der Waals surface area contributed by atoms with Gasteiger partial charge in [-0.25, -0.2) is 0 Å². The number of aromatic nitrogens is 2. The van der Waals surface area contributed by atoms with Crippen molar-refractivity contribution in [2.24, 2.45) is 5.41 Å². The maximum atomic E-state index is 13.5. The number of morpholine rings is 1. The number of anilines is 3. The summed E-state index contributed by atoms with van der Waals surface area (Å²) >= 11 is 0. The molecule has 8 nitrogen and oxygen atoms in total. The van der Waals surface area contributed by atoms with Gasteiger partial charge in [-0.05, 0) is 49.2 Å². The van der Waals surface area contributed by atoms with Gasteiger partial charge in [0.1, 0.15) is 5.41 Å². The number of hydrogen-bond acceptors (Lipinski definition) is 6. The number of carbonyl (C=O) groups is 2. The number of fused-ring (bicyclic) bond motifs is 1.